The smallest absolute Gasteiger partial charge is 0.257 e. The van der Waals surface area contributed by atoms with Crippen molar-refractivity contribution in [2.75, 3.05) is 13.1 Å². The van der Waals surface area contributed by atoms with E-state index in [1.807, 2.05) is 6.07 Å². The van der Waals surface area contributed by atoms with E-state index in [1.54, 1.807) is 23.2 Å². The van der Waals surface area contributed by atoms with E-state index >= 15 is 0 Å². The first-order valence-electron chi connectivity index (χ1n) is 8.36. The van der Waals surface area contributed by atoms with E-state index in [-0.39, 0.29) is 12.0 Å². The summed E-state index contributed by atoms with van der Waals surface area (Å²) in [7, 11) is 0. The van der Waals surface area contributed by atoms with Crippen molar-refractivity contribution in [1.29, 1.82) is 5.26 Å². The van der Waals surface area contributed by atoms with Gasteiger partial charge in [0.2, 0.25) is 5.88 Å². The molecule has 25 heavy (non-hydrogen) atoms. The Kier molecular flexibility index (Phi) is 4.02. The number of nitrogens with zero attached hydrogens (tertiary/aromatic N) is 5. The van der Waals surface area contributed by atoms with Gasteiger partial charge in [-0.05, 0) is 18.9 Å². The molecule has 1 saturated carbocycles. The van der Waals surface area contributed by atoms with Crippen LogP contribution in [0.15, 0.2) is 30.9 Å². The maximum atomic E-state index is 12.8. The highest BCUT2D eigenvalue weighted by molar-refractivity contribution is 5.95. The Morgan fingerprint density at radius 2 is 2.12 bits per heavy atom. The quantitative estimate of drug-likeness (QED) is 0.847. The summed E-state index contributed by atoms with van der Waals surface area (Å²) in [5.74, 6) is 0.848. The highest BCUT2D eigenvalue weighted by Crippen LogP contribution is 2.40. The first-order chi connectivity index (χ1) is 12.2. The second kappa shape index (κ2) is 6.48. The molecule has 0 unspecified atom stereocenters. The molecule has 7 heteroatoms. The second-order valence-electron chi connectivity index (χ2n) is 6.37. The molecule has 2 aromatic heterocycles. The van der Waals surface area contributed by atoms with Gasteiger partial charge in [-0.25, -0.2) is 15.0 Å². The van der Waals surface area contributed by atoms with Crippen molar-refractivity contribution in [3.63, 3.8) is 0 Å². The molecular weight excluding hydrogens is 318 g/mol. The first kappa shape index (κ1) is 15.5. The number of amides is 1. The maximum Gasteiger partial charge on any atom is 0.257 e. The number of pyridine rings is 1. The van der Waals surface area contributed by atoms with Gasteiger partial charge in [0.15, 0.2) is 0 Å². The second-order valence-corrected chi connectivity index (χ2v) is 6.37. The summed E-state index contributed by atoms with van der Waals surface area (Å²) < 4.78 is 5.84. The third-order valence-electron chi connectivity index (χ3n) is 4.52. The lowest BCUT2D eigenvalue weighted by Crippen LogP contribution is -2.32. The van der Waals surface area contributed by atoms with E-state index in [0.717, 1.165) is 25.0 Å². The summed E-state index contributed by atoms with van der Waals surface area (Å²) in [5.41, 5.74) is 1.98. The zero-order valence-corrected chi connectivity index (χ0v) is 13.6. The van der Waals surface area contributed by atoms with Gasteiger partial charge in [0.1, 0.15) is 18.5 Å². The normalized spacial score (nSPS) is 19.5. The minimum atomic E-state index is -0.0987. The zero-order chi connectivity index (χ0) is 17.2. The molecule has 0 radical (unpaired) electrons. The topological polar surface area (TPSA) is 92.0 Å². The van der Waals surface area contributed by atoms with Gasteiger partial charge in [0, 0.05) is 37.3 Å². The Morgan fingerprint density at radius 3 is 2.84 bits per heavy atom. The van der Waals surface area contributed by atoms with Crippen LogP contribution in [0.3, 0.4) is 0 Å². The Hall–Kier alpha value is -3.01. The van der Waals surface area contributed by atoms with Gasteiger partial charge in [0.05, 0.1) is 23.4 Å². The minimum Gasteiger partial charge on any atom is -0.472 e. The Morgan fingerprint density at radius 1 is 1.24 bits per heavy atom. The van der Waals surface area contributed by atoms with E-state index in [1.165, 1.54) is 12.5 Å². The van der Waals surface area contributed by atoms with Crippen LogP contribution in [0.25, 0.3) is 0 Å². The largest absolute Gasteiger partial charge is 0.472 e. The molecule has 2 aliphatic rings. The Bertz CT molecular complexity index is 826. The molecule has 1 saturated heterocycles. The Labute approximate surface area is 145 Å². The van der Waals surface area contributed by atoms with E-state index in [4.69, 9.17) is 10.00 Å². The molecule has 1 aliphatic carbocycles. The fourth-order valence-electron chi connectivity index (χ4n) is 3.05. The lowest BCUT2D eigenvalue weighted by molar-refractivity contribution is 0.0769. The zero-order valence-electron chi connectivity index (χ0n) is 13.6. The molecule has 2 fully saturated rings. The maximum absolute atomic E-state index is 12.8. The summed E-state index contributed by atoms with van der Waals surface area (Å²) in [4.78, 5) is 27.1. The molecule has 7 nitrogen and oxygen atoms in total. The summed E-state index contributed by atoms with van der Waals surface area (Å²) in [6, 6.07) is 5.37. The van der Waals surface area contributed by atoms with Crippen molar-refractivity contribution < 1.29 is 9.53 Å². The van der Waals surface area contributed by atoms with Gasteiger partial charge in [-0.15, -0.1) is 0 Å². The number of likely N-dealkylation sites (tertiary alicyclic amines) is 1. The van der Waals surface area contributed by atoms with E-state index in [9.17, 15) is 4.79 Å². The van der Waals surface area contributed by atoms with E-state index in [0.29, 0.717) is 36.0 Å². The van der Waals surface area contributed by atoms with Crippen molar-refractivity contribution in [3.8, 4) is 11.9 Å². The summed E-state index contributed by atoms with van der Waals surface area (Å²) in [6.07, 6.45) is 7.45. The third kappa shape index (κ3) is 3.29. The highest BCUT2D eigenvalue weighted by Gasteiger charge is 2.34. The lowest BCUT2D eigenvalue weighted by Gasteiger charge is -2.18. The van der Waals surface area contributed by atoms with Crippen LogP contribution in [0, 0.1) is 11.3 Å². The summed E-state index contributed by atoms with van der Waals surface area (Å²) in [5, 5.41) is 8.80. The van der Waals surface area contributed by atoms with Crippen LogP contribution in [0.4, 0.5) is 0 Å². The third-order valence-corrected chi connectivity index (χ3v) is 4.52. The summed E-state index contributed by atoms with van der Waals surface area (Å²) >= 11 is 0. The van der Waals surface area contributed by atoms with Gasteiger partial charge in [0.25, 0.3) is 5.91 Å². The number of carbonyl (C=O) groups excluding carboxylic acids is 1. The Balaban J connectivity index is 1.42. The van der Waals surface area contributed by atoms with Gasteiger partial charge in [-0.3, -0.25) is 4.79 Å². The average Bonchev–Trinajstić information content (AvgIpc) is 3.41. The molecular formula is C18H17N5O2. The molecule has 0 bridgehead atoms. The average molecular weight is 335 g/mol. The molecule has 4 rings (SSSR count). The number of aromatic nitrogens is 3. The molecule has 1 atom stereocenters. The molecule has 1 amide bonds. The lowest BCUT2D eigenvalue weighted by atomic mass is 10.1. The van der Waals surface area contributed by atoms with Crippen molar-refractivity contribution >= 4 is 5.91 Å². The van der Waals surface area contributed by atoms with Crippen molar-refractivity contribution in [3.05, 3.63) is 47.7 Å². The SMILES string of the molecule is N#Cc1ccc(O[C@H]2CCN(C(=O)c3cncnc3C3CC3)C2)nc1. The summed E-state index contributed by atoms with van der Waals surface area (Å²) in [6.45, 7) is 1.15. The van der Waals surface area contributed by atoms with Crippen molar-refractivity contribution in [2.24, 2.45) is 0 Å². The minimum absolute atomic E-state index is 0.0265. The van der Waals surface area contributed by atoms with Crippen molar-refractivity contribution in [2.45, 2.75) is 31.3 Å². The number of nitriles is 1. The molecule has 126 valence electrons. The monoisotopic (exact) mass is 335 g/mol. The fraction of sp³-hybridized carbons (Fsp3) is 0.389. The van der Waals surface area contributed by atoms with Gasteiger partial charge >= 0.3 is 0 Å². The van der Waals surface area contributed by atoms with E-state index in [2.05, 4.69) is 15.0 Å². The predicted octanol–water partition coefficient (Wildman–Crippen LogP) is 1.91. The van der Waals surface area contributed by atoms with Crippen LogP contribution in [0.2, 0.25) is 0 Å². The van der Waals surface area contributed by atoms with Crippen LogP contribution >= 0.6 is 0 Å². The van der Waals surface area contributed by atoms with Crippen LogP contribution in [0.5, 0.6) is 5.88 Å². The standard InChI is InChI=1S/C18H17N5O2/c19-7-12-1-4-16(21-8-12)25-14-5-6-23(10-14)18(24)15-9-20-11-22-17(15)13-2-3-13/h1,4,8-9,11,13-14H,2-3,5-6,10H2/t14-/m0/s1. The number of ether oxygens (including phenoxy) is 1. The number of hydrogen-bond donors (Lipinski definition) is 0. The van der Waals surface area contributed by atoms with E-state index < -0.39 is 0 Å². The molecule has 1 aliphatic heterocycles. The van der Waals surface area contributed by atoms with Crippen molar-refractivity contribution in [1.82, 2.24) is 19.9 Å². The molecule has 0 aromatic carbocycles. The fourth-order valence-corrected chi connectivity index (χ4v) is 3.05. The van der Waals surface area contributed by atoms with Crippen LogP contribution in [-0.4, -0.2) is 45.0 Å². The predicted molar refractivity (Wildman–Crippen MR) is 87.9 cm³/mol. The van der Waals surface area contributed by atoms with Gasteiger partial charge < -0.3 is 9.64 Å². The van der Waals surface area contributed by atoms with Crippen LogP contribution < -0.4 is 4.74 Å². The van der Waals surface area contributed by atoms with Crippen LogP contribution in [0.1, 0.15) is 46.8 Å². The number of carbonyl (C=O) groups is 1. The number of hydrogen-bond acceptors (Lipinski definition) is 6. The molecule has 3 heterocycles. The van der Waals surface area contributed by atoms with Crippen LogP contribution in [-0.2, 0) is 0 Å². The molecule has 2 aromatic rings. The van der Waals surface area contributed by atoms with Gasteiger partial charge in [-0.2, -0.15) is 5.26 Å². The number of rotatable bonds is 4. The highest BCUT2D eigenvalue weighted by atomic mass is 16.5. The first-order valence-corrected chi connectivity index (χ1v) is 8.36. The molecule has 0 spiro atoms. The van der Waals surface area contributed by atoms with Gasteiger partial charge in [-0.1, -0.05) is 0 Å². The molecule has 0 N–H and O–H groups in total.